The fourth-order valence-corrected chi connectivity index (χ4v) is 0. The first-order valence-electron chi connectivity index (χ1n) is 0.167. The third-order valence-electron chi connectivity index (χ3n) is 0. The average molecular weight is 189 g/mol. The summed E-state index contributed by atoms with van der Waals surface area (Å²) in [5.74, 6) is 0. The minimum absolute atomic E-state index is 0. The van der Waals surface area contributed by atoms with Crippen molar-refractivity contribution < 1.29 is 45.1 Å². The second-order valence-corrected chi connectivity index (χ2v) is 0. The molecule has 0 aromatic carbocycles. The Morgan fingerprint density at radius 1 is 1.25 bits per heavy atom. The van der Waals surface area contributed by atoms with Gasteiger partial charge in [-0.3, -0.25) is 0 Å². The molecule has 0 amide bonds. The van der Waals surface area contributed by atoms with Gasteiger partial charge >= 0.3 is 23.2 Å². The van der Waals surface area contributed by atoms with E-state index in [0.717, 1.165) is 0 Å². The van der Waals surface area contributed by atoms with Gasteiger partial charge in [0.15, 0.2) is 0 Å². The molecule has 0 heterocycles. The standard InChI is InChI=1S/Mo.Ni.H2O.O/h;;1H2;. The van der Waals surface area contributed by atoms with Crippen molar-refractivity contribution in [3.8, 4) is 0 Å². The van der Waals surface area contributed by atoms with Crippen molar-refractivity contribution in [1.29, 1.82) is 0 Å². The topological polar surface area (TPSA) is 48.6 Å². The zero-order valence-corrected chi connectivity index (χ0v) is 4.63. The van der Waals surface area contributed by atoms with Crippen LogP contribution in [0.4, 0.5) is 0 Å². The van der Waals surface area contributed by atoms with Gasteiger partial charge in [-0.15, -0.1) is 0 Å². The minimum atomic E-state index is 0. The molecule has 0 saturated carbocycles. The molecule has 2 N–H and O–H groups in total. The molecule has 2 nitrogen and oxygen atoms in total. The maximum atomic E-state index is 8.26. The van der Waals surface area contributed by atoms with Crippen LogP contribution < -0.4 is 0 Å². The molecule has 4 heavy (non-hydrogen) atoms. The van der Waals surface area contributed by atoms with E-state index in [-0.39, 0.29) is 22.0 Å². The van der Waals surface area contributed by atoms with Crippen LogP contribution in [0.15, 0.2) is 0 Å². The van der Waals surface area contributed by atoms with E-state index >= 15 is 0 Å². The van der Waals surface area contributed by atoms with Crippen LogP contribution in [0, 0.1) is 0 Å². The van der Waals surface area contributed by atoms with Crippen molar-refractivity contribution >= 4 is 0 Å². The molecule has 0 aromatic heterocycles. The van der Waals surface area contributed by atoms with Crippen LogP contribution in [0.3, 0.4) is 0 Å². The molecule has 0 spiro atoms. The van der Waals surface area contributed by atoms with Crippen molar-refractivity contribution in [1.82, 2.24) is 0 Å². The summed E-state index contributed by atoms with van der Waals surface area (Å²) < 4.78 is 8.26. The zero-order chi connectivity index (χ0) is 2.00. The van der Waals surface area contributed by atoms with Crippen LogP contribution in [0.2, 0.25) is 0 Å². The summed E-state index contributed by atoms with van der Waals surface area (Å²) in [5, 5.41) is 0. The normalized spacial score (nSPS) is 1.00. The predicted octanol–water partition coefficient (Wildman–Crippen LogP) is -0.949. The molecular weight excluding hydrogens is 187 g/mol. The van der Waals surface area contributed by atoms with Gasteiger partial charge in [0, 0.05) is 16.5 Å². The second kappa shape index (κ2) is 38.5. The molecule has 4 heteroatoms. The molecular formula is H2MoNiO2. The van der Waals surface area contributed by atoms with Crippen LogP contribution in [-0.4, -0.2) is 5.48 Å². The molecule has 0 aliphatic rings. The first kappa shape index (κ1) is 20.4. The van der Waals surface area contributed by atoms with Gasteiger partial charge in [-0.1, -0.05) is 0 Å². The van der Waals surface area contributed by atoms with E-state index in [0.29, 0.717) is 19.8 Å². The fourth-order valence-electron chi connectivity index (χ4n) is 0. The number of rotatable bonds is 0. The van der Waals surface area contributed by atoms with Crippen molar-refractivity contribution in [2.75, 3.05) is 0 Å². The van der Waals surface area contributed by atoms with Gasteiger partial charge in [0.1, 0.15) is 0 Å². The van der Waals surface area contributed by atoms with Gasteiger partial charge in [0.25, 0.3) is 0 Å². The molecule has 0 radical (unpaired) electrons. The Morgan fingerprint density at radius 3 is 1.25 bits per heavy atom. The summed E-state index contributed by atoms with van der Waals surface area (Å²) in [7, 11) is 0. The van der Waals surface area contributed by atoms with Gasteiger partial charge in [-0.05, 0) is 0 Å². The average Bonchev–Trinajstić information content (AvgIpc) is 1.00. The third kappa shape index (κ3) is 12.5. The van der Waals surface area contributed by atoms with Crippen LogP contribution in [0.25, 0.3) is 0 Å². The predicted molar refractivity (Wildman–Crippen MR) is 4.30 cm³/mol. The Balaban J connectivity index is -0.00000000500. The van der Waals surface area contributed by atoms with E-state index in [4.69, 9.17) is 3.40 Å². The first-order valence-corrected chi connectivity index (χ1v) is 0.986. The second-order valence-electron chi connectivity index (χ2n) is 0. The fraction of sp³-hybridized carbons (Fsp3) is 0. The first-order chi connectivity index (χ1) is 1.00. The summed E-state index contributed by atoms with van der Waals surface area (Å²) in [4.78, 5) is 0. The van der Waals surface area contributed by atoms with E-state index in [2.05, 4.69) is 0 Å². The monoisotopic (exact) mass is 190 g/mol. The summed E-state index contributed by atoms with van der Waals surface area (Å²) >= 11 is 0.700. The molecule has 0 bridgehead atoms. The Bertz CT molecular complexity index is 6.00. The van der Waals surface area contributed by atoms with Crippen molar-refractivity contribution in [2.45, 2.75) is 0 Å². The van der Waals surface area contributed by atoms with Gasteiger partial charge in [-0.25, -0.2) is 0 Å². The zero-order valence-electron chi connectivity index (χ0n) is 1.63. The molecule has 0 unspecified atom stereocenters. The number of hydrogen-bond acceptors (Lipinski definition) is 1. The van der Waals surface area contributed by atoms with Crippen LogP contribution >= 0.6 is 0 Å². The molecule has 0 fully saturated rings. The van der Waals surface area contributed by atoms with E-state index in [1.54, 1.807) is 0 Å². The van der Waals surface area contributed by atoms with E-state index in [9.17, 15) is 0 Å². The Kier molecular flexibility index (Phi) is 196. The third-order valence-corrected chi connectivity index (χ3v) is 0. The summed E-state index contributed by atoms with van der Waals surface area (Å²) in [6.45, 7) is 0. The van der Waals surface area contributed by atoms with Gasteiger partial charge in [0.05, 0.1) is 0 Å². The summed E-state index contributed by atoms with van der Waals surface area (Å²) in [6, 6.07) is 0. The molecule has 0 rings (SSSR count). The van der Waals surface area contributed by atoms with Crippen molar-refractivity contribution in [2.24, 2.45) is 0 Å². The number of hydrogen-bond donors (Lipinski definition) is 0. The Labute approximate surface area is 45.4 Å². The molecule has 0 aromatic rings. The van der Waals surface area contributed by atoms with Gasteiger partial charge in [0.2, 0.25) is 0 Å². The molecule has 0 aliphatic heterocycles. The maximum absolute atomic E-state index is 8.26. The SMILES string of the molecule is O.[Ni].[O]=[Mo]. The Hall–Kier alpha value is 0.942. The quantitative estimate of drug-likeness (QED) is 0.453. The van der Waals surface area contributed by atoms with Crippen LogP contribution in [0.1, 0.15) is 0 Å². The molecule has 30 valence electrons. The van der Waals surface area contributed by atoms with E-state index in [1.807, 2.05) is 0 Å². The van der Waals surface area contributed by atoms with Gasteiger partial charge < -0.3 is 5.48 Å². The molecule has 0 aliphatic carbocycles. The van der Waals surface area contributed by atoms with Crippen LogP contribution in [0.5, 0.6) is 0 Å². The van der Waals surface area contributed by atoms with Crippen LogP contribution in [-0.2, 0) is 39.7 Å². The van der Waals surface area contributed by atoms with Crippen molar-refractivity contribution in [3.63, 3.8) is 0 Å². The van der Waals surface area contributed by atoms with E-state index in [1.165, 1.54) is 0 Å². The summed E-state index contributed by atoms with van der Waals surface area (Å²) in [5.41, 5.74) is 0. The molecule has 0 atom stereocenters. The Morgan fingerprint density at radius 2 is 1.25 bits per heavy atom. The van der Waals surface area contributed by atoms with E-state index < -0.39 is 0 Å². The summed E-state index contributed by atoms with van der Waals surface area (Å²) in [6.07, 6.45) is 0. The van der Waals surface area contributed by atoms with Crippen molar-refractivity contribution in [3.05, 3.63) is 0 Å². The molecule has 0 saturated heterocycles. The van der Waals surface area contributed by atoms with Gasteiger partial charge in [-0.2, -0.15) is 0 Å².